The van der Waals surface area contributed by atoms with Gasteiger partial charge in [0.15, 0.2) is 0 Å². The Hall–Kier alpha value is -1.36. The second kappa shape index (κ2) is 6.19. The van der Waals surface area contributed by atoms with Crippen molar-refractivity contribution in [2.75, 3.05) is 24.4 Å². The molecule has 1 fully saturated rings. The zero-order valence-electron chi connectivity index (χ0n) is 11.3. The Bertz CT molecular complexity index is 465. The number of anilines is 2. The SMILES string of the molecule is COC(=O)c1cc(NC2CCC(SC)C2)ccc1N. The van der Waals surface area contributed by atoms with Crippen molar-refractivity contribution >= 4 is 29.1 Å². The molecule has 0 saturated heterocycles. The molecule has 0 spiro atoms. The number of ether oxygens (including phenoxy) is 1. The van der Waals surface area contributed by atoms with E-state index in [1.807, 2.05) is 17.8 Å². The molecule has 1 aromatic rings. The van der Waals surface area contributed by atoms with Crippen molar-refractivity contribution in [3.8, 4) is 0 Å². The minimum absolute atomic E-state index is 0.394. The van der Waals surface area contributed by atoms with E-state index in [0.29, 0.717) is 17.3 Å². The average Bonchev–Trinajstić information content (AvgIpc) is 2.87. The number of nitrogens with two attached hydrogens (primary N) is 1. The fraction of sp³-hybridized carbons (Fsp3) is 0.500. The molecule has 0 aliphatic heterocycles. The van der Waals surface area contributed by atoms with Crippen LogP contribution in [0, 0.1) is 0 Å². The van der Waals surface area contributed by atoms with Gasteiger partial charge in [0.1, 0.15) is 0 Å². The third-order valence-electron chi connectivity index (χ3n) is 3.55. The van der Waals surface area contributed by atoms with Gasteiger partial charge >= 0.3 is 5.97 Å². The monoisotopic (exact) mass is 280 g/mol. The van der Waals surface area contributed by atoms with E-state index in [4.69, 9.17) is 10.5 Å². The van der Waals surface area contributed by atoms with E-state index in [9.17, 15) is 4.79 Å². The van der Waals surface area contributed by atoms with Crippen LogP contribution in [0.3, 0.4) is 0 Å². The van der Waals surface area contributed by atoms with Gasteiger partial charge in [0.2, 0.25) is 0 Å². The summed E-state index contributed by atoms with van der Waals surface area (Å²) < 4.78 is 4.73. The zero-order valence-corrected chi connectivity index (χ0v) is 12.1. The molecule has 0 aromatic heterocycles. The van der Waals surface area contributed by atoms with Crippen LogP contribution in [0.4, 0.5) is 11.4 Å². The lowest BCUT2D eigenvalue weighted by Gasteiger charge is -2.15. The summed E-state index contributed by atoms with van der Waals surface area (Å²) >= 11 is 1.93. The maximum Gasteiger partial charge on any atom is 0.340 e. The Labute approximate surface area is 118 Å². The highest BCUT2D eigenvalue weighted by Crippen LogP contribution is 2.30. The fourth-order valence-corrected chi connectivity index (χ4v) is 3.25. The molecular formula is C14H20N2O2S. The maximum absolute atomic E-state index is 11.6. The first-order valence-electron chi connectivity index (χ1n) is 6.41. The first-order valence-corrected chi connectivity index (χ1v) is 7.70. The van der Waals surface area contributed by atoms with E-state index in [1.165, 1.54) is 26.4 Å². The number of methoxy groups -OCH3 is 1. The summed E-state index contributed by atoms with van der Waals surface area (Å²) in [5.74, 6) is -0.394. The molecule has 3 N–H and O–H groups in total. The van der Waals surface area contributed by atoms with Crippen LogP contribution < -0.4 is 11.1 Å². The largest absolute Gasteiger partial charge is 0.465 e. The smallest absolute Gasteiger partial charge is 0.340 e. The van der Waals surface area contributed by atoms with Crippen molar-refractivity contribution < 1.29 is 9.53 Å². The summed E-state index contributed by atoms with van der Waals surface area (Å²) in [5.41, 5.74) is 7.59. The Kier molecular flexibility index (Phi) is 4.58. The minimum atomic E-state index is -0.394. The molecule has 1 saturated carbocycles. The fourth-order valence-electron chi connectivity index (χ4n) is 2.45. The van der Waals surface area contributed by atoms with E-state index in [0.717, 1.165) is 10.9 Å². The molecular weight excluding hydrogens is 260 g/mol. The number of hydrogen-bond donors (Lipinski definition) is 2. The van der Waals surface area contributed by atoms with E-state index in [2.05, 4.69) is 11.6 Å². The van der Waals surface area contributed by atoms with E-state index in [-0.39, 0.29) is 0 Å². The molecule has 104 valence electrons. The van der Waals surface area contributed by atoms with Gasteiger partial charge in [-0.15, -0.1) is 0 Å². The normalized spacial score (nSPS) is 22.2. The third kappa shape index (κ3) is 3.35. The van der Waals surface area contributed by atoms with Gasteiger partial charge in [-0.05, 0) is 43.7 Å². The van der Waals surface area contributed by atoms with Gasteiger partial charge in [-0.2, -0.15) is 11.8 Å². The number of carbonyl (C=O) groups excluding carboxylic acids is 1. The second-order valence-corrected chi connectivity index (χ2v) is 5.94. The number of thioether (sulfide) groups is 1. The van der Waals surface area contributed by atoms with Crippen LogP contribution in [0.2, 0.25) is 0 Å². The highest BCUT2D eigenvalue weighted by atomic mass is 32.2. The van der Waals surface area contributed by atoms with Crippen LogP contribution in [0.25, 0.3) is 0 Å². The predicted octanol–water partition coefficient (Wildman–Crippen LogP) is 2.75. The van der Waals surface area contributed by atoms with Crippen molar-refractivity contribution in [1.29, 1.82) is 0 Å². The van der Waals surface area contributed by atoms with Crippen molar-refractivity contribution in [3.63, 3.8) is 0 Å². The molecule has 2 rings (SSSR count). The molecule has 1 aromatic carbocycles. The van der Waals surface area contributed by atoms with Crippen molar-refractivity contribution in [2.24, 2.45) is 0 Å². The molecule has 0 heterocycles. The van der Waals surface area contributed by atoms with Gasteiger partial charge in [-0.3, -0.25) is 0 Å². The number of rotatable bonds is 4. The standard InChI is InChI=1S/C14H20N2O2S/c1-18-14(17)12-8-10(4-6-13(12)15)16-9-3-5-11(7-9)19-2/h4,6,8-9,11,16H,3,5,7,15H2,1-2H3. The first-order chi connectivity index (χ1) is 9.13. The predicted molar refractivity (Wildman–Crippen MR) is 80.8 cm³/mol. The number of benzene rings is 1. The number of nitrogens with one attached hydrogen (secondary N) is 1. The Morgan fingerprint density at radius 2 is 2.26 bits per heavy atom. The number of hydrogen-bond acceptors (Lipinski definition) is 5. The Morgan fingerprint density at radius 1 is 1.47 bits per heavy atom. The molecule has 0 bridgehead atoms. The van der Waals surface area contributed by atoms with Crippen LogP contribution >= 0.6 is 11.8 Å². The molecule has 19 heavy (non-hydrogen) atoms. The van der Waals surface area contributed by atoms with Gasteiger partial charge in [0.25, 0.3) is 0 Å². The maximum atomic E-state index is 11.6. The highest BCUT2D eigenvalue weighted by Gasteiger charge is 2.24. The molecule has 0 amide bonds. The quantitative estimate of drug-likeness (QED) is 0.656. The number of carbonyl (C=O) groups is 1. The molecule has 0 radical (unpaired) electrons. The summed E-state index contributed by atoms with van der Waals surface area (Å²) in [6, 6.07) is 5.91. The second-order valence-electron chi connectivity index (χ2n) is 4.81. The van der Waals surface area contributed by atoms with E-state index < -0.39 is 5.97 Å². The van der Waals surface area contributed by atoms with Crippen molar-refractivity contribution in [1.82, 2.24) is 0 Å². The third-order valence-corrected chi connectivity index (χ3v) is 4.64. The van der Waals surface area contributed by atoms with Gasteiger partial charge < -0.3 is 15.8 Å². The lowest BCUT2D eigenvalue weighted by Crippen LogP contribution is -2.16. The molecule has 2 unspecified atom stereocenters. The Balaban J connectivity index is 2.07. The first kappa shape index (κ1) is 14.1. The Morgan fingerprint density at radius 3 is 2.89 bits per heavy atom. The van der Waals surface area contributed by atoms with Crippen LogP contribution in [0.15, 0.2) is 18.2 Å². The van der Waals surface area contributed by atoms with Gasteiger partial charge in [0, 0.05) is 22.7 Å². The lowest BCUT2D eigenvalue weighted by atomic mass is 10.1. The van der Waals surface area contributed by atoms with Crippen LogP contribution in [-0.4, -0.2) is 30.6 Å². The number of esters is 1. The summed E-state index contributed by atoms with van der Waals surface area (Å²) in [5, 5.41) is 4.22. The van der Waals surface area contributed by atoms with Gasteiger partial charge in [-0.25, -0.2) is 4.79 Å². The van der Waals surface area contributed by atoms with E-state index in [1.54, 1.807) is 12.1 Å². The van der Waals surface area contributed by atoms with Gasteiger partial charge in [0.05, 0.1) is 12.7 Å². The van der Waals surface area contributed by atoms with Crippen LogP contribution in [0.5, 0.6) is 0 Å². The van der Waals surface area contributed by atoms with Crippen molar-refractivity contribution in [2.45, 2.75) is 30.6 Å². The average molecular weight is 280 g/mol. The lowest BCUT2D eigenvalue weighted by molar-refractivity contribution is 0.0602. The topological polar surface area (TPSA) is 64.3 Å². The minimum Gasteiger partial charge on any atom is -0.465 e. The van der Waals surface area contributed by atoms with Gasteiger partial charge in [-0.1, -0.05) is 0 Å². The molecule has 1 aliphatic rings. The molecule has 4 nitrogen and oxygen atoms in total. The summed E-state index contributed by atoms with van der Waals surface area (Å²) in [6.45, 7) is 0. The molecule has 2 atom stereocenters. The van der Waals surface area contributed by atoms with E-state index >= 15 is 0 Å². The zero-order chi connectivity index (χ0) is 13.8. The highest BCUT2D eigenvalue weighted by molar-refractivity contribution is 7.99. The van der Waals surface area contributed by atoms with Crippen molar-refractivity contribution in [3.05, 3.63) is 23.8 Å². The molecule has 1 aliphatic carbocycles. The van der Waals surface area contributed by atoms with Crippen LogP contribution in [-0.2, 0) is 4.74 Å². The summed E-state index contributed by atoms with van der Waals surface area (Å²) in [7, 11) is 1.36. The summed E-state index contributed by atoms with van der Waals surface area (Å²) in [4.78, 5) is 11.6. The van der Waals surface area contributed by atoms with Crippen LogP contribution in [0.1, 0.15) is 29.6 Å². The summed E-state index contributed by atoms with van der Waals surface area (Å²) in [6.07, 6.45) is 5.74. The number of nitrogen functional groups attached to an aromatic ring is 1. The molecule has 5 heteroatoms.